The minimum absolute atomic E-state index is 0.308. The minimum atomic E-state index is -0.758. The zero-order valence-electron chi connectivity index (χ0n) is 10.5. The summed E-state index contributed by atoms with van der Waals surface area (Å²) in [5, 5.41) is 9.70. The van der Waals surface area contributed by atoms with Gasteiger partial charge >= 0.3 is 0 Å². The number of aliphatic hydroxyl groups is 1. The molecule has 0 amide bonds. The lowest BCUT2D eigenvalue weighted by atomic mass is 10.1. The fraction of sp³-hybridized carbons (Fsp3) is 0.571. The van der Waals surface area contributed by atoms with E-state index in [-0.39, 0.29) is 5.82 Å². The first-order chi connectivity index (χ1) is 8.13. The summed E-state index contributed by atoms with van der Waals surface area (Å²) in [5.41, 5.74) is 1.29. The lowest BCUT2D eigenvalue weighted by molar-refractivity contribution is 0.194. The number of halogens is 1. The van der Waals surface area contributed by atoms with Gasteiger partial charge < -0.3 is 10.0 Å². The maximum absolute atomic E-state index is 13.7. The van der Waals surface area contributed by atoms with E-state index in [0.29, 0.717) is 11.5 Å². The molecule has 0 aliphatic carbocycles. The molecule has 1 N–H and O–H groups in total. The first kappa shape index (κ1) is 12.4. The summed E-state index contributed by atoms with van der Waals surface area (Å²) >= 11 is 0. The van der Waals surface area contributed by atoms with Crippen molar-refractivity contribution < 1.29 is 9.50 Å². The number of nitrogens with zero attached hydrogens (tertiary/aromatic N) is 1. The average Bonchev–Trinajstić information content (AvgIpc) is 2.76. The standard InChI is InChI=1S/C14H20FNO/c1-3-11-7-8-16(9-11)13-6-4-5-12(15)14(13)10(2)17/h4-6,10-11,17H,3,7-9H2,1-2H3/t10-,11?/m1/s1. The van der Waals surface area contributed by atoms with E-state index in [1.807, 2.05) is 6.07 Å². The Hall–Kier alpha value is -1.09. The number of rotatable bonds is 3. The molecule has 2 rings (SSSR count). The Morgan fingerprint density at radius 3 is 2.88 bits per heavy atom. The molecule has 1 aliphatic rings. The number of hydrogen-bond acceptors (Lipinski definition) is 2. The highest BCUT2D eigenvalue weighted by molar-refractivity contribution is 5.55. The van der Waals surface area contributed by atoms with Crippen molar-refractivity contribution in [3.05, 3.63) is 29.6 Å². The zero-order chi connectivity index (χ0) is 12.4. The maximum atomic E-state index is 13.7. The van der Waals surface area contributed by atoms with E-state index >= 15 is 0 Å². The molecule has 0 saturated carbocycles. The normalized spacial score (nSPS) is 21.9. The van der Waals surface area contributed by atoms with Crippen LogP contribution in [0.4, 0.5) is 10.1 Å². The van der Waals surface area contributed by atoms with Crippen molar-refractivity contribution >= 4 is 5.69 Å². The fourth-order valence-corrected chi connectivity index (χ4v) is 2.60. The predicted octanol–water partition coefficient (Wildman–Crippen LogP) is 3.12. The lowest BCUT2D eigenvalue weighted by Crippen LogP contribution is -2.22. The first-order valence-electron chi connectivity index (χ1n) is 6.35. The molecular formula is C14H20FNO. The largest absolute Gasteiger partial charge is 0.389 e. The summed E-state index contributed by atoms with van der Waals surface area (Å²) in [5.74, 6) is 0.387. The van der Waals surface area contributed by atoms with E-state index < -0.39 is 6.10 Å². The van der Waals surface area contributed by atoms with Gasteiger partial charge in [-0.25, -0.2) is 4.39 Å². The topological polar surface area (TPSA) is 23.5 Å². The van der Waals surface area contributed by atoms with Crippen molar-refractivity contribution in [3.63, 3.8) is 0 Å². The van der Waals surface area contributed by atoms with Crippen LogP contribution in [0.3, 0.4) is 0 Å². The molecule has 1 heterocycles. The zero-order valence-corrected chi connectivity index (χ0v) is 10.5. The van der Waals surface area contributed by atoms with Crippen LogP contribution in [0.5, 0.6) is 0 Å². The van der Waals surface area contributed by atoms with Gasteiger partial charge in [0.2, 0.25) is 0 Å². The molecule has 0 bridgehead atoms. The Balaban J connectivity index is 2.29. The van der Waals surface area contributed by atoms with Crippen molar-refractivity contribution in [1.82, 2.24) is 0 Å². The highest BCUT2D eigenvalue weighted by Crippen LogP contribution is 2.33. The van der Waals surface area contributed by atoms with Crippen molar-refractivity contribution in [2.75, 3.05) is 18.0 Å². The highest BCUT2D eigenvalue weighted by Gasteiger charge is 2.25. The molecule has 1 aliphatic heterocycles. The van der Waals surface area contributed by atoms with Gasteiger partial charge in [0.05, 0.1) is 6.10 Å². The highest BCUT2D eigenvalue weighted by atomic mass is 19.1. The van der Waals surface area contributed by atoms with Crippen LogP contribution in [0.25, 0.3) is 0 Å². The summed E-state index contributed by atoms with van der Waals surface area (Å²) in [4.78, 5) is 2.19. The molecule has 0 aromatic heterocycles. The van der Waals surface area contributed by atoms with Gasteiger partial charge in [0.1, 0.15) is 5.82 Å². The summed E-state index contributed by atoms with van der Waals surface area (Å²) in [7, 11) is 0. The monoisotopic (exact) mass is 237 g/mol. The fourth-order valence-electron chi connectivity index (χ4n) is 2.60. The molecule has 17 heavy (non-hydrogen) atoms. The summed E-state index contributed by atoms with van der Waals surface area (Å²) in [6.07, 6.45) is 1.56. The van der Waals surface area contributed by atoms with Crippen LogP contribution in [0, 0.1) is 11.7 Å². The number of hydrogen-bond donors (Lipinski definition) is 1. The average molecular weight is 237 g/mol. The Kier molecular flexibility index (Phi) is 3.67. The number of benzene rings is 1. The summed E-state index contributed by atoms with van der Waals surface area (Å²) < 4.78 is 13.7. The van der Waals surface area contributed by atoms with E-state index in [1.165, 1.54) is 6.07 Å². The van der Waals surface area contributed by atoms with Crippen LogP contribution in [0.15, 0.2) is 18.2 Å². The number of anilines is 1. The van der Waals surface area contributed by atoms with Gasteiger partial charge in [-0.2, -0.15) is 0 Å². The van der Waals surface area contributed by atoms with Crippen LogP contribution in [-0.4, -0.2) is 18.2 Å². The molecule has 1 fully saturated rings. The predicted molar refractivity (Wildman–Crippen MR) is 67.6 cm³/mol. The summed E-state index contributed by atoms with van der Waals surface area (Å²) in [6, 6.07) is 5.04. The van der Waals surface area contributed by atoms with Gasteiger partial charge in [-0.1, -0.05) is 19.4 Å². The van der Waals surface area contributed by atoms with Crippen LogP contribution in [-0.2, 0) is 0 Å². The molecule has 0 spiro atoms. The van der Waals surface area contributed by atoms with Gasteiger partial charge in [0.25, 0.3) is 0 Å². The van der Waals surface area contributed by atoms with Gasteiger partial charge in [0, 0.05) is 24.3 Å². The second kappa shape index (κ2) is 5.05. The van der Waals surface area contributed by atoms with Crippen molar-refractivity contribution in [2.45, 2.75) is 32.8 Å². The molecule has 1 saturated heterocycles. The maximum Gasteiger partial charge on any atom is 0.131 e. The van der Waals surface area contributed by atoms with Crippen LogP contribution < -0.4 is 4.90 Å². The molecule has 2 nitrogen and oxygen atoms in total. The Labute approximate surface area is 102 Å². The second-order valence-electron chi connectivity index (χ2n) is 4.86. The Bertz CT molecular complexity index is 392. The molecule has 1 unspecified atom stereocenters. The van der Waals surface area contributed by atoms with E-state index in [9.17, 15) is 9.50 Å². The van der Waals surface area contributed by atoms with E-state index in [0.717, 1.165) is 31.6 Å². The molecule has 2 atom stereocenters. The minimum Gasteiger partial charge on any atom is -0.389 e. The van der Waals surface area contributed by atoms with Crippen LogP contribution in [0.2, 0.25) is 0 Å². The van der Waals surface area contributed by atoms with Gasteiger partial charge in [0.15, 0.2) is 0 Å². The quantitative estimate of drug-likeness (QED) is 0.873. The molecule has 94 valence electrons. The Morgan fingerprint density at radius 1 is 1.53 bits per heavy atom. The van der Waals surface area contributed by atoms with Gasteiger partial charge in [-0.3, -0.25) is 0 Å². The third-order valence-corrected chi connectivity index (χ3v) is 3.65. The Morgan fingerprint density at radius 2 is 2.29 bits per heavy atom. The molecule has 3 heteroatoms. The SMILES string of the molecule is CCC1CCN(c2cccc(F)c2[C@@H](C)O)C1. The number of aliphatic hydroxyl groups excluding tert-OH is 1. The first-order valence-corrected chi connectivity index (χ1v) is 6.35. The van der Waals surface area contributed by atoms with E-state index in [1.54, 1.807) is 13.0 Å². The molecule has 1 aromatic carbocycles. The van der Waals surface area contributed by atoms with Crippen LogP contribution in [0.1, 0.15) is 38.4 Å². The third kappa shape index (κ3) is 2.44. The second-order valence-corrected chi connectivity index (χ2v) is 4.86. The molecule has 0 radical (unpaired) electrons. The third-order valence-electron chi connectivity index (χ3n) is 3.65. The van der Waals surface area contributed by atoms with Crippen molar-refractivity contribution in [3.8, 4) is 0 Å². The summed E-state index contributed by atoms with van der Waals surface area (Å²) in [6.45, 7) is 5.74. The lowest BCUT2D eigenvalue weighted by Gasteiger charge is -2.23. The van der Waals surface area contributed by atoms with Crippen molar-refractivity contribution in [2.24, 2.45) is 5.92 Å². The van der Waals surface area contributed by atoms with Gasteiger partial charge in [-0.05, 0) is 31.4 Å². The van der Waals surface area contributed by atoms with E-state index in [4.69, 9.17) is 0 Å². The smallest absolute Gasteiger partial charge is 0.131 e. The molecular weight excluding hydrogens is 217 g/mol. The van der Waals surface area contributed by atoms with Crippen molar-refractivity contribution in [1.29, 1.82) is 0 Å². The molecule has 1 aromatic rings. The van der Waals surface area contributed by atoms with E-state index in [2.05, 4.69) is 11.8 Å². The van der Waals surface area contributed by atoms with Gasteiger partial charge in [-0.15, -0.1) is 0 Å². The van der Waals surface area contributed by atoms with Crippen LogP contribution >= 0.6 is 0 Å².